The molecule has 1 N–H and O–H groups in total. The van der Waals surface area contributed by atoms with E-state index in [1.807, 2.05) is 17.8 Å². The van der Waals surface area contributed by atoms with Gasteiger partial charge in [0.15, 0.2) is 0 Å². The van der Waals surface area contributed by atoms with Crippen LogP contribution in [0.4, 0.5) is 0 Å². The summed E-state index contributed by atoms with van der Waals surface area (Å²) in [5.41, 5.74) is 0.388. The van der Waals surface area contributed by atoms with Crippen LogP contribution < -0.4 is 0 Å². The van der Waals surface area contributed by atoms with Gasteiger partial charge in [-0.15, -0.1) is 0 Å². The quantitative estimate of drug-likeness (QED) is 0.849. The Balaban J connectivity index is 1.80. The molecule has 1 fully saturated rings. The molecule has 1 aromatic rings. The number of carbonyl (C=O) groups excluding carboxylic acids is 2. The third kappa shape index (κ3) is 2.98. The SMILES string of the molecule is Cn1ccnc1C1CCCN1C(=O)C1=NN(CCO)C(=O)CC1. The minimum Gasteiger partial charge on any atom is -0.394 e. The molecule has 0 aliphatic carbocycles. The van der Waals surface area contributed by atoms with Gasteiger partial charge in [-0.1, -0.05) is 0 Å². The third-order valence-corrected chi connectivity index (χ3v) is 4.33. The number of rotatable bonds is 4. The summed E-state index contributed by atoms with van der Waals surface area (Å²) >= 11 is 0. The molecule has 124 valence electrons. The number of aliphatic hydroxyl groups is 1. The minimum atomic E-state index is -0.170. The first-order valence-corrected chi connectivity index (χ1v) is 7.88. The first-order chi connectivity index (χ1) is 11.1. The molecule has 1 unspecified atom stereocenters. The van der Waals surface area contributed by atoms with Crippen LogP contribution in [0.1, 0.15) is 37.5 Å². The number of hydrogen-bond donors (Lipinski definition) is 1. The normalized spacial score (nSPS) is 21.7. The number of hydrazone groups is 1. The number of imidazole rings is 1. The molecule has 0 spiro atoms. The summed E-state index contributed by atoms with van der Waals surface area (Å²) in [6.45, 7) is 0.623. The zero-order chi connectivity index (χ0) is 16.4. The fourth-order valence-electron chi connectivity index (χ4n) is 3.17. The topological polar surface area (TPSA) is 91.0 Å². The van der Waals surface area contributed by atoms with E-state index in [9.17, 15) is 9.59 Å². The second-order valence-electron chi connectivity index (χ2n) is 5.84. The molecule has 23 heavy (non-hydrogen) atoms. The van der Waals surface area contributed by atoms with Gasteiger partial charge in [0.05, 0.1) is 19.2 Å². The van der Waals surface area contributed by atoms with Crippen LogP contribution in [0.5, 0.6) is 0 Å². The van der Waals surface area contributed by atoms with Gasteiger partial charge in [-0.2, -0.15) is 5.10 Å². The predicted molar refractivity (Wildman–Crippen MR) is 82.4 cm³/mol. The summed E-state index contributed by atoms with van der Waals surface area (Å²) in [4.78, 5) is 30.7. The van der Waals surface area contributed by atoms with Crippen LogP contribution in [0.15, 0.2) is 17.5 Å². The highest BCUT2D eigenvalue weighted by Crippen LogP contribution is 2.31. The summed E-state index contributed by atoms with van der Waals surface area (Å²) < 4.78 is 1.93. The molecule has 2 amide bonds. The Morgan fingerprint density at radius 3 is 2.96 bits per heavy atom. The number of aryl methyl sites for hydroxylation is 1. The van der Waals surface area contributed by atoms with Crippen molar-refractivity contribution in [1.29, 1.82) is 0 Å². The lowest BCUT2D eigenvalue weighted by Crippen LogP contribution is -2.42. The van der Waals surface area contributed by atoms with Crippen molar-refractivity contribution >= 4 is 17.5 Å². The van der Waals surface area contributed by atoms with Crippen LogP contribution in [0, 0.1) is 0 Å². The minimum absolute atomic E-state index is 0.0471. The van der Waals surface area contributed by atoms with Gasteiger partial charge in [0, 0.05) is 38.8 Å². The first kappa shape index (κ1) is 15.7. The van der Waals surface area contributed by atoms with Gasteiger partial charge < -0.3 is 14.6 Å². The molecule has 2 aliphatic heterocycles. The van der Waals surface area contributed by atoms with Crippen LogP contribution in [0.2, 0.25) is 0 Å². The lowest BCUT2D eigenvalue weighted by atomic mass is 10.1. The van der Waals surface area contributed by atoms with E-state index in [0.717, 1.165) is 18.7 Å². The molecule has 3 heterocycles. The van der Waals surface area contributed by atoms with E-state index >= 15 is 0 Å². The molecule has 1 aromatic heterocycles. The number of aromatic nitrogens is 2. The molecule has 0 saturated carbocycles. The van der Waals surface area contributed by atoms with Gasteiger partial charge in [-0.3, -0.25) is 9.59 Å². The standard InChI is InChI=1S/C15H21N5O3/c1-18-8-6-16-14(18)12-3-2-7-19(12)15(23)11-4-5-13(22)20(17-11)9-10-21/h6,8,12,21H,2-5,7,9-10H2,1H3. The molecule has 0 radical (unpaired) electrons. The highest BCUT2D eigenvalue weighted by molar-refractivity contribution is 6.39. The smallest absolute Gasteiger partial charge is 0.270 e. The van der Waals surface area contributed by atoms with Crippen molar-refractivity contribution in [2.45, 2.75) is 31.7 Å². The second-order valence-corrected chi connectivity index (χ2v) is 5.84. The highest BCUT2D eigenvalue weighted by atomic mass is 16.3. The van der Waals surface area contributed by atoms with Gasteiger partial charge in [0.2, 0.25) is 5.91 Å². The van der Waals surface area contributed by atoms with Gasteiger partial charge >= 0.3 is 0 Å². The van der Waals surface area contributed by atoms with E-state index in [-0.39, 0.29) is 37.4 Å². The van der Waals surface area contributed by atoms with Crippen LogP contribution in [-0.2, 0) is 16.6 Å². The fraction of sp³-hybridized carbons (Fsp3) is 0.600. The van der Waals surface area contributed by atoms with Gasteiger partial charge in [-0.25, -0.2) is 9.99 Å². The Bertz CT molecular complexity index is 639. The Labute approximate surface area is 134 Å². The second kappa shape index (κ2) is 6.49. The Morgan fingerprint density at radius 2 is 2.26 bits per heavy atom. The van der Waals surface area contributed by atoms with E-state index in [2.05, 4.69) is 10.1 Å². The number of likely N-dealkylation sites (tertiary alicyclic amines) is 1. The Morgan fingerprint density at radius 1 is 1.43 bits per heavy atom. The molecule has 0 bridgehead atoms. The van der Waals surface area contributed by atoms with E-state index in [1.54, 1.807) is 11.1 Å². The van der Waals surface area contributed by atoms with Crippen molar-refractivity contribution in [3.05, 3.63) is 18.2 Å². The monoisotopic (exact) mass is 319 g/mol. The fourth-order valence-corrected chi connectivity index (χ4v) is 3.17. The predicted octanol–water partition coefficient (Wildman–Crippen LogP) is 0.0543. The van der Waals surface area contributed by atoms with Crippen LogP contribution in [-0.4, -0.2) is 61.8 Å². The van der Waals surface area contributed by atoms with Crippen LogP contribution >= 0.6 is 0 Å². The third-order valence-electron chi connectivity index (χ3n) is 4.33. The van der Waals surface area contributed by atoms with Crippen molar-refractivity contribution in [1.82, 2.24) is 19.5 Å². The number of aliphatic hydroxyl groups excluding tert-OH is 1. The molecule has 2 aliphatic rings. The van der Waals surface area contributed by atoms with Crippen LogP contribution in [0.3, 0.4) is 0 Å². The van der Waals surface area contributed by atoms with Crippen LogP contribution in [0.25, 0.3) is 0 Å². The number of nitrogens with zero attached hydrogens (tertiary/aromatic N) is 5. The Hall–Kier alpha value is -2.22. The van der Waals surface area contributed by atoms with Crippen molar-refractivity contribution in [2.24, 2.45) is 12.1 Å². The van der Waals surface area contributed by atoms with Crippen molar-refractivity contribution in [2.75, 3.05) is 19.7 Å². The lowest BCUT2D eigenvalue weighted by molar-refractivity contribution is -0.132. The zero-order valence-corrected chi connectivity index (χ0v) is 13.2. The molecule has 3 rings (SSSR count). The maximum absolute atomic E-state index is 12.8. The molecule has 1 atom stereocenters. The molecule has 8 heteroatoms. The van der Waals surface area contributed by atoms with Gasteiger partial charge in [0.25, 0.3) is 5.91 Å². The van der Waals surface area contributed by atoms with E-state index in [4.69, 9.17) is 5.11 Å². The maximum atomic E-state index is 12.8. The molecule has 1 saturated heterocycles. The average molecular weight is 319 g/mol. The summed E-state index contributed by atoms with van der Waals surface area (Å²) in [6.07, 6.45) is 6.01. The van der Waals surface area contributed by atoms with Crippen molar-refractivity contribution in [3.63, 3.8) is 0 Å². The molecule has 0 aromatic carbocycles. The number of β-amino-alcohol motifs (C(OH)–C–C–N with tert-alkyl or cyclic N) is 1. The molecule has 8 nitrogen and oxygen atoms in total. The largest absolute Gasteiger partial charge is 0.394 e. The summed E-state index contributed by atoms with van der Waals surface area (Å²) in [7, 11) is 1.92. The van der Waals surface area contributed by atoms with Gasteiger partial charge in [-0.05, 0) is 12.8 Å². The maximum Gasteiger partial charge on any atom is 0.270 e. The van der Waals surface area contributed by atoms with E-state index in [1.165, 1.54) is 5.01 Å². The number of amides is 2. The van der Waals surface area contributed by atoms with Crippen molar-refractivity contribution in [3.8, 4) is 0 Å². The average Bonchev–Trinajstić information content (AvgIpc) is 3.17. The summed E-state index contributed by atoms with van der Waals surface area (Å²) in [5, 5.41) is 14.4. The highest BCUT2D eigenvalue weighted by Gasteiger charge is 2.36. The van der Waals surface area contributed by atoms with Crippen molar-refractivity contribution < 1.29 is 14.7 Å². The first-order valence-electron chi connectivity index (χ1n) is 7.88. The number of hydrogen-bond acceptors (Lipinski definition) is 5. The van der Waals surface area contributed by atoms with Gasteiger partial charge in [0.1, 0.15) is 11.5 Å². The summed E-state index contributed by atoms with van der Waals surface area (Å²) in [6, 6.07) is -0.0471. The lowest BCUT2D eigenvalue weighted by Gasteiger charge is -2.28. The zero-order valence-electron chi connectivity index (χ0n) is 13.2. The summed E-state index contributed by atoms with van der Waals surface area (Å²) in [5.74, 6) is 0.583. The van der Waals surface area contributed by atoms with E-state index < -0.39 is 0 Å². The molecular weight excluding hydrogens is 298 g/mol. The Kier molecular flexibility index (Phi) is 4.42. The molecular formula is C15H21N5O3. The number of carbonyl (C=O) groups is 2. The van der Waals surface area contributed by atoms with E-state index in [0.29, 0.717) is 18.7 Å².